The van der Waals surface area contributed by atoms with E-state index in [1.165, 1.54) is 23.3 Å². The molecule has 156 valence electrons. The van der Waals surface area contributed by atoms with Crippen molar-refractivity contribution in [3.05, 3.63) is 57.6 Å². The van der Waals surface area contributed by atoms with E-state index in [9.17, 15) is 4.79 Å². The SMILES string of the molecule is C#CCOc1c(Cl)cc(/C=N\NC(=O)COc2ccc(C3SCCS3)cc2)cc1Cl. The van der Waals surface area contributed by atoms with Gasteiger partial charge >= 0.3 is 0 Å². The van der Waals surface area contributed by atoms with Crippen LogP contribution >= 0.6 is 46.7 Å². The molecule has 0 atom stereocenters. The van der Waals surface area contributed by atoms with E-state index in [2.05, 4.69) is 16.4 Å². The fourth-order valence-electron chi connectivity index (χ4n) is 2.54. The third kappa shape index (κ3) is 6.51. The van der Waals surface area contributed by atoms with Crippen LogP contribution in [0.25, 0.3) is 0 Å². The molecule has 1 fully saturated rings. The van der Waals surface area contributed by atoms with Gasteiger partial charge in [0.2, 0.25) is 0 Å². The van der Waals surface area contributed by atoms with Crippen molar-refractivity contribution in [3.63, 3.8) is 0 Å². The van der Waals surface area contributed by atoms with E-state index in [1.54, 1.807) is 12.1 Å². The van der Waals surface area contributed by atoms with E-state index in [-0.39, 0.29) is 19.1 Å². The summed E-state index contributed by atoms with van der Waals surface area (Å²) in [5.41, 5.74) is 4.26. The number of ether oxygens (including phenoxy) is 2. The van der Waals surface area contributed by atoms with Gasteiger partial charge in [0, 0.05) is 11.5 Å². The minimum atomic E-state index is -0.386. The Bertz CT molecular complexity index is 933. The molecule has 1 aliphatic rings. The number of hydrogen-bond donors (Lipinski definition) is 1. The highest BCUT2D eigenvalue weighted by atomic mass is 35.5. The number of nitrogens with one attached hydrogen (secondary N) is 1. The van der Waals surface area contributed by atoms with E-state index in [0.29, 0.717) is 31.7 Å². The molecule has 1 amide bonds. The Hall–Kier alpha value is -1.98. The summed E-state index contributed by atoms with van der Waals surface area (Å²) >= 11 is 16.2. The highest BCUT2D eigenvalue weighted by molar-refractivity contribution is 8.19. The molecule has 0 bridgehead atoms. The smallest absolute Gasteiger partial charge is 0.277 e. The Labute approximate surface area is 193 Å². The van der Waals surface area contributed by atoms with Crippen LogP contribution in [0.5, 0.6) is 11.5 Å². The van der Waals surface area contributed by atoms with Crippen LogP contribution < -0.4 is 14.9 Å². The molecule has 0 unspecified atom stereocenters. The average molecular weight is 481 g/mol. The molecule has 2 aromatic rings. The van der Waals surface area contributed by atoms with Crippen LogP contribution in [0.2, 0.25) is 10.0 Å². The second-order valence-electron chi connectivity index (χ2n) is 6.03. The monoisotopic (exact) mass is 480 g/mol. The number of amides is 1. The Kier molecular flexibility index (Phi) is 8.64. The Morgan fingerprint density at radius 2 is 1.87 bits per heavy atom. The first-order valence-electron chi connectivity index (χ1n) is 8.90. The van der Waals surface area contributed by atoms with E-state index < -0.39 is 0 Å². The van der Waals surface area contributed by atoms with E-state index in [1.807, 2.05) is 47.8 Å². The largest absolute Gasteiger partial charge is 0.484 e. The first kappa shape index (κ1) is 22.7. The molecule has 3 rings (SSSR count). The first-order valence-corrected chi connectivity index (χ1v) is 11.8. The lowest BCUT2D eigenvalue weighted by Crippen LogP contribution is -2.24. The first-order chi connectivity index (χ1) is 14.6. The summed E-state index contributed by atoms with van der Waals surface area (Å²) in [5.74, 6) is 5.25. The number of nitrogens with zero attached hydrogens (tertiary/aromatic N) is 1. The molecular formula is C21H18Cl2N2O3S2. The van der Waals surface area contributed by atoms with Gasteiger partial charge in [-0.25, -0.2) is 5.43 Å². The molecule has 0 spiro atoms. The molecule has 0 aromatic heterocycles. The number of hydrazone groups is 1. The molecule has 5 nitrogen and oxygen atoms in total. The molecule has 30 heavy (non-hydrogen) atoms. The van der Waals surface area contributed by atoms with Gasteiger partial charge in [-0.3, -0.25) is 4.79 Å². The maximum atomic E-state index is 11.9. The number of carbonyl (C=O) groups excluding carboxylic acids is 1. The minimum absolute atomic E-state index is 0.0597. The number of carbonyl (C=O) groups is 1. The van der Waals surface area contributed by atoms with Crippen LogP contribution in [0.3, 0.4) is 0 Å². The summed E-state index contributed by atoms with van der Waals surface area (Å²) in [7, 11) is 0. The zero-order valence-electron chi connectivity index (χ0n) is 15.8. The van der Waals surface area contributed by atoms with Crippen LogP contribution in [0.1, 0.15) is 15.7 Å². The Morgan fingerprint density at radius 1 is 1.20 bits per heavy atom. The lowest BCUT2D eigenvalue weighted by molar-refractivity contribution is -0.123. The van der Waals surface area contributed by atoms with E-state index in [0.717, 1.165) is 0 Å². The molecule has 1 saturated heterocycles. The van der Waals surface area contributed by atoms with Gasteiger partial charge in [-0.2, -0.15) is 5.10 Å². The summed E-state index contributed by atoms with van der Waals surface area (Å²) in [6.07, 6.45) is 6.58. The molecule has 1 heterocycles. The molecule has 9 heteroatoms. The normalized spacial score (nSPS) is 13.9. The molecule has 1 N–H and O–H groups in total. The fraction of sp³-hybridized carbons (Fsp3) is 0.238. The van der Waals surface area contributed by atoms with Crippen LogP contribution in [-0.2, 0) is 4.79 Å². The van der Waals surface area contributed by atoms with Gasteiger partial charge in [-0.1, -0.05) is 41.3 Å². The third-order valence-corrected chi connectivity index (χ3v) is 7.53. The maximum Gasteiger partial charge on any atom is 0.277 e. The molecule has 2 aromatic carbocycles. The van der Waals surface area contributed by atoms with Gasteiger partial charge in [-0.05, 0) is 35.4 Å². The number of halogens is 2. The van der Waals surface area contributed by atoms with Crippen molar-refractivity contribution in [2.24, 2.45) is 5.10 Å². The van der Waals surface area contributed by atoms with Crippen molar-refractivity contribution in [2.45, 2.75) is 4.58 Å². The van der Waals surface area contributed by atoms with Crippen molar-refractivity contribution in [1.82, 2.24) is 5.43 Å². The molecule has 0 radical (unpaired) electrons. The Morgan fingerprint density at radius 3 is 2.50 bits per heavy atom. The van der Waals surface area contributed by atoms with Crippen LogP contribution in [0, 0.1) is 12.3 Å². The minimum Gasteiger partial charge on any atom is -0.484 e. The number of benzene rings is 2. The molecule has 1 aliphatic heterocycles. The standard InChI is InChI=1S/C21H18Cl2N2O3S2/c1-2-7-27-20-17(22)10-14(11-18(20)23)12-24-25-19(26)13-28-16-5-3-15(4-6-16)21-29-8-9-30-21/h1,3-6,10-12,21H,7-9,13H2,(H,25,26)/b24-12-. The number of thioether (sulfide) groups is 2. The van der Waals surface area contributed by atoms with Crippen LogP contribution in [0.15, 0.2) is 41.5 Å². The van der Waals surface area contributed by atoms with E-state index >= 15 is 0 Å². The third-order valence-electron chi connectivity index (χ3n) is 3.87. The van der Waals surface area contributed by atoms with Crippen LogP contribution in [-0.4, -0.2) is 36.8 Å². The fourth-order valence-corrected chi connectivity index (χ4v) is 6.01. The lowest BCUT2D eigenvalue weighted by Gasteiger charge is -2.10. The van der Waals surface area contributed by atoms with Gasteiger partial charge in [0.05, 0.1) is 20.8 Å². The quantitative estimate of drug-likeness (QED) is 0.326. The predicted octanol–water partition coefficient (Wildman–Crippen LogP) is 5.01. The zero-order valence-corrected chi connectivity index (χ0v) is 18.9. The van der Waals surface area contributed by atoms with Crippen molar-refractivity contribution in [1.29, 1.82) is 0 Å². The number of hydrogen-bond acceptors (Lipinski definition) is 6. The van der Waals surface area contributed by atoms with Crippen molar-refractivity contribution in [3.8, 4) is 23.8 Å². The number of rotatable bonds is 8. The molecule has 0 aliphatic carbocycles. The lowest BCUT2D eigenvalue weighted by atomic mass is 10.2. The summed E-state index contributed by atoms with van der Waals surface area (Å²) in [5, 5.41) is 4.49. The van der Waals surface area contributed by atoms with Crippen LogP contribution in [0.4, 0.5) is 0 Å². The van der Waals surface area contributed by atoms with Gasteiger partial charge in [0.1, 0.15) is 12.4 Å². The van der Waals surface area contributed by atoms with Crippen molar-refractivity contribution >= 4 is 58.8 Å². The number of terminal acetylenes is 1. The van der Waals surface area contributed by atoms with Gasteiger partial charge < -0.3 is 9.47 Å². The van der Waals surface area contributed by atoms with E-state index in [4.69, 9.17) is 39.1 Å². The van der Waals surface area contributed by atoms with Gasteiger partial charge in [0.25, 0.3) is 5.91 Å². The second-order valence-corrected chi connectivity index (χ2v) is 9.57. The molecule has 0 saturated carbocycles. The van der Waals surface area contributed by atoms with Gasteiger partial charge in [-0.15, -0.1) is 29.9 Å². The zero-order chi connectivity index (χ0) is 21.3. The predicted molar refractivity (Wildman–Crippen MR) is 126 cm³/mol. The highest BCUT2D eigenvalue weighted by Crippen LogP contribution is 2.45. The topological polar surface area (TPSA) is 59.9 Å². The highest BCUT2D eigenvalue weighted by Gasteiger charge is 2.18. The Balaban J connectivity index is 1.47. The van der Waals surface area contributed by atoms with Crippen molar-refractivity contribution in [2.75, 3.05) is 24.7 Å². The summed E-state index contributed by atoms with van der Waals surface area (Å²) in [6.45, 7) is -0.0891. The summed E-state index contributed by atoms with van der Waals surface area (Å²) in [4.78, 5) is 11.9. The van der Waals surface area contributed by atoms with Gasteiger partial charge in [0.15, 0.2) is 12.4 Å². The summed E-state index contributed by atoms with van der Waals surface area (Å²) in [6, 6.07) is 11.0. The second kappa shape index (κ2) is 11.4. The molecular weight excluding hydrogens is 463 g/mol. The average Bonchev–Trinajstić information content (AvgIpc) is 3.27. The van der Waals surface area contributed by atoms with Crippen molar-refractivity contribution < 1.29 is 14.3 Å². The maximum absolute atomic E-state index is 11.9. The summed E-state index contributed by atoms with van der Waals surface area (Å²) < 4.78 is 11.3.